The number of hydrogen-bond acceptors (Lipinski definition) is 4. The van der Waals surface area contributed by atoms with Crippen molar-refractivity contribution in [3.05, 3.63) is 20.8 Å². The number of hydrogen-bond donors (Lipinski definition) is 3. The monoisotopic (exact) mass is 170 g/mol. The Hall–Kier alpha value is -1.72. The van der Waals surface area contributed by atoms with Crippen LogP contribution in [0.25, 0.3) is 0 Å². The van der Waals surface area contributed by atoms with Crippen LogP contribution >= 0.6 is 0 Å². The van der Waals surface area contributed by atoms with E-state index in [2.05, 4.69) is 4.98 Å². The molecular weight excluding hydrogens is 160 g/mol. The van der Waals surface area contributed by atoms with Gasteiger partial charge in [0.1, 0.15) is 11.5 Å². The van der Waals surface area contributed by atoms with Gasteiger partial charge >= 0.3 is 5.69 Å². The van der Waals surface area contributed by atoms with Crippen molar-refractivity contribution in [2.75, 3.05) is 11.5 Å². The number of anilines is 2. The van der Waals surface area contributed by atoms with E-state index in [0.29, 0.717) is 0 Å². The number of aromatic nitrogens is 2. The molecule has 66 valence electrons. The fourth-order valence-electron chi connectivity index (χ4n) is 0.890. The molecular formula is C6H10N4O2. The molecule has 0 radical (unpaired) electrons. The molecule has 6 heteroatoms. The molecule has 0 spiro atoms. The summed E-state index contributed by atoms with van der Waals surface area (Å²) in [4.78, 5) is 24.5. The Morgan fingerprint density at radius 1 is 1.42 bits per heavy atom. The molecule has 0 aromatic carbocycles. The summed E-state index contributed by atoms with van der Waals surface area (Å²) < 4.78 is 0.978. The zero-order valence-corrected chi connectivity index (χ0v) is 6.63. The highest BCUT2D eigenvalue weighted by atomic mass is 16.2. The number of rotatable bonds is 1. The van der Waals surface area contributed by atoms with E-state index in [9.17, 15) is 9.59 Å². The SMILES string of the molecule is CCn1c(=O)[nH]c(N)c(N)c1=O. The van der Waals surface area contributed by atoms with E-state index in [1.54, 1.807) is 6.92 Å². The molecule has 1 heterocycles. The largest absolute Gasteiger partial charge is 0.391 e. The van der Waals surface area contributed by atoms with Gasteiger partial charge in [-0.25, -0.2) is 4.79 Å². The highest BCUT2D eigenvalue weighted by molar-refractivity contribution is 5.55. The van der Waals surface area contributed by atoms with Gasteiger partial charge in [0, 0.05) is 6.54 Å². The van der Waals surface area contributed by atoms with Gasteiger partial charge in [-0.1, -0.05) is 0 Å². The van der Waals surface area contributed by atoms with Crippen molar-refractivity contribution in [2.45, 2.75) is 13.5 Å². The predicted octanol–water partition coefficient (Wildman–Crippen LogP) is -1.28. The summed E-state index contributed by atoms with van der Waals surface area (Å²) in [5.41, 5.74) is 9.36. The zero-order chi connectivity index (χ0) is 9.30. The Balaban J connectivity index is 3.64. The van der Waals surface area contributed by atoms with E-state index in [-0.39, 0.29) is 18.1 Å². The Bertz CT molecular complexity index is 403. The maximum Gasteiger partial charge on any atom is 0.330 e. The molecule has 0 amide bonds. The zero-order valence-electron chi connectivity index (χ0n) is 6.63. The van der Waals surface area contributed by atoms with Crippen LogP contribution in [0.1, 0.15) is 6.92 Å². The number of nitrogens with one attached hydrogen (secondary N) is 1. The maximum atomic E-state index is 11.2. The van der Waals surface area contributed by atoms with Crippen LogP contribution in [0.2, 0.25) is 0 Å². The smallest absolute Gasteiger partial charge is 0.330 e. The van der Waals surface area contributed by atoms with Crippen molar-refractivity contribution in [1.82, 2.24) is 9.55 Å². The molecule has 1 rings (SSSR count). The van der Waals surface area contributed by atoms with Gasteiger partial charge < -0.3 is 11.5 Å². The first-order valence-electron chi connectivity index (χ1n) is 3.46. The lowest BCUT2D eigenvalue weighted by Gasteiger charge is -2.02. The lowest BCUT2D eigenvalue weighted by atomic mass is 10.5. The Morgan fingerprint density at radius 3 is 2.50 bits per heavy atom. The van der Waals surface area contributed by atoms with Gasteiger partial charge in [-0.3, -0.25) is 14.3 Å². The van der Waals surface area contributed by atoms with Crippen LogP contribution in [0.4, 0.5) is 11.5 Å². The van der Waals surface area contributed by atoms with E-state index < -0.39 is 11.2 Å². The van der Waals surface area contributed by atoms with Crippen LogP contribution in [-0.2, 0) is 6.54 Å². The van der Waals surface area contributed by atoms with Gasteiger partial charge in [-0.15, -0.1) is 0 Å². The molecule has 0 bridgehead atoms. The van der Waals surface area contributed by atoms with E-state index in [0.717, 1.165) is 4.57 Å². The first-order valence-corrected chi connectivity index (χ1v) is 3.46. The van der Waals surface area contributed by atoms with Crippen molar-refractivity contribution >= 4 is 11.5 Å². The molecule has 0 aliphatic rings. The molecule has 0 unspecified atom stereocenters. The third-order valence-corrected chi connectivity index (χ3v) is 1.57. The van der Waals surface area contributed by atoms with Crippen LogP contribution in [0, 0.1) is 0 Å². The van der Waals surface area contributed by atoms with Crippen LogP contribution in [0.15, 0.2) is 9.59 Å². The summed E-state index contributed by atoms with van der Waals surface area (Å²) in [6, 6.07) is 0. The average Bonchev–Trinajstić information content (AvgIpc) is 2.01. The van der Waals surface area contributed by atoms with Crippen LogP contribution in [0.3, 0.4) is 0 Å². The van der Waals surface area contributed by atoms with Crippen LogP contribution in [0.5, 0.6) is 0 Å². The minimum Gasteiger partial charge on any atom is -0.391 e. The number of nitrogens with zero attached hydrogens (tertiary/aromatic N) is 1. The van der Waals surface area contributed by atoms with Gasteiger partial charge in [0.05, 0.1) is 0 Å². The van der Waals surface area contributed by atoms with Gasteiger partial charge in [-0.2, -0.15) is 0 Å². The quantitative estimate of drug-likeness (QED) is 0.488. The van der Waals surface area contributed by atoms with Gasteiger partial charge in [0.15, 0.2) is 0 Å². The molecule has 0 aliphatic heterocycles. The van der Waals surface area contributed by atoms with Gasteiger partial charge in [-0.05, 0) is 6.92 Å². The fraction of sp³-hybridized carbons (Fsp3) is 0.333. The second-order valence-corrected chi connectivity index (χ2v) is 2.31. The summed E-state index contributed by atoms with van der Waals surface area (Å²) in [5, 5.41) is 0. The minimum absolute atomic E-state index is 0.0744. The fourth-order valence-corrected chi connectivity index (χ4v) is 0.890. The van der Waals surface area contributed by atoms with Gasteiger partial charge in [0.2, 0.25) is 0 Å². The molecule has 12 heavy (non-hydrogen) atoms. The van der Waals surface area contributed by atoms with Crippen molar-refractivity contribution in [3.63, 3.8) is 0 Å². The van der Waals surface area contributed by atoms with E-state index in [1.807, 2.05) is 0 Å². The van der Waals surface area contributed by atoms with E-state index in [4.69, 9.17) is 11.5 Å². The third kappa shape index (κ3) is 1.07. The highest BCUT2D eigenvalue weighted by Gasteiger charge is 2.06. The molecule has 1 aromatic rings. The molecule has 5 N–H and O–H groups in total. The molecule has 0 fully saturated rings. The molecule has 0 atom stereocenters. The van der Waals surface area contributed by atoms with Crippen molar-refractivity contribution in [3.8, 4) is 0 Å². The molecule has 0 saturated heterocycles. The molecule has 1 aromatic heterocycles. The van der Waals surface area contributed by atoms with Crippen LogP contribution in [-0.4, -0.2) is 9.55 Å². The van der Waals surface area contributed by atoms with Crippen molar-refractivity contribution < 1.29 is 0 Å². The van der Waals surface area contributed by atoms with E-state index in [1.165, 1.54) is 0 Å². The highest BCUT2D eigenvalue weighted by Crippen LogP contribution is 1.98. The number of aromatic amines is 1. The summed E-state index contributed by atoms with van der Waals surface area (Å²) in [5.74, 6) is -0.0744. The van der Waals surface area contributed by atoms with Gasteiger partial charge in [0.25, 0.3) is 5.56 Å². The summed E-state index contributed by atoms with van der Waals surface area (Å²) in [6.07, 6.45) is 0. The Labute approximate surface area is 67.8 Å². The van der Waals surface area contributed by atoms with Crippen molar-refractivity contribution in [1.29, 1.82) is 0 Å². The molecule has 0 aliphatic carbocycles. The van der Waals surface area contributed by atoms with Crippen LogP contribution < -0.4 is 22.7 Å². The Morgan fingerprint density at radius 2 is 2.00 bits per heavy atom. The molecule has 0 saturated carbocycles. The Kier molecular flexibility index (Phi) is 1.90. The van der Waals surface area contributed by atoms with Crippen molar-refractivity contribution in [2.24, 2.45) is 0 Å². The lowest BCUT2D eigenvalue weighted by Crippen LogP contribution is -2.36. The molecule has 6 nitrogen and oxygen atoms in total. The maximum absolute atomic E-state index is 11.2. The number of H-pyrrole nitrogens is 1. The first kappa shape index (κ1) is 8.38. The third-order valence-electron chi connectivity index (χ3n) is 1.57. The standard InChI is InChI=1S/C6H10N4O2/c1-2-10-5(11)3(7)4(8)9-6(10)12/h2,7-8H2,1H3,(H,9,12). The topological polar surface area (TPSA) is 107 Å². The number of nitrogens with two attached hydrogens (primary N) is 2. The van der Waals surface area contributed by atoms with E-state index >= 15 is 0 Å². The average molecular weight is 170 g/mol. The summed E-state index contributed by atoms with van der Waals surface area (Å²) in [7, 11) is 0. The second-order valence-electron chi connectivity index (χ2n) is 2.31. The predicted molar refractivity (Wildman–Crippen MR) is 45.8 cm³/mol. The minimum atomic E-state index is -0.543. The summed E-state index contributed by atoms with van der Waals surface area (Å²) in [6.45, 7) is 1.95. The normalized spacial score (nSPS) is 10.1. The summed E-state index contributed by atoms with van der Waals surface area (Å²) >= 11 is 0. The number of nitrogen functional groups attached to an aromatic ring is 2. The second kappa shape index (κ2) is 2.72. The first-order chi connectivity index (χ1) is 5.57. The lowest BCUT2D eigenvalue weighted by molar-refractivity contribution is 0.678.